The number of hydrogen-bond donors (Lipinski definition) is 0. The van der Waals surface area contributed by atoms with Crippen molar-refractivity contribution in [3.05, 3.63) is 283 Å². The van der Waals surface area contributed by atoms with Crippen molar-refractivity contribution in [2.45, 2.75) is 5.41 Å². The van der Waals surface area contributed by atoms with E-state index in [1.807, 2.05) is 0 Å². The molecule has 0 atom stereocenters. The topological polar surface area (TPSA) is 3.24 Å². The molecule has 1 nitrogen and oxygen atoms in total. The normalized spacial score (nSPS) is 13.1. The summed E-state index contributed by atoms with van der Waals surface area (Å²) in [6.07, 6.45) is 0. The van der Waals surface area contributed by atoms with Crippen LogP contribution in [-0.2, 0) is 5.41 Å². The molecular formula is C71H43N. The third-order valence-electron chi connectivity index (χ3n) is 16.4. The lowest BCUT2D eigenvalue weighted by molar-refractivity contribution is 0.794. The monoisotopic (exact) mass is 909 g/mol. The quantitative estimate of drug-likeness (QED) is 0.159. The molecule has 1 spiro atoms. The highest BCUT2D eigenvalue weighted by atomic mass is 15.1. The van der Waals surface area contributed by atoms with Gasteiger partial charge in [0.15, 0.2) is 0 Å². The minimum Gasteiger partial charge on any atom is -0.310 e. The maximum Gasteiger partial charge on any atom is 0.0726 e. The summed E-state index contributed by atoms with van der Waals surface area (Å²) in [4.78, 5) is 2.58. The number of benzene rings is 14. The van der Waals surface area contributed by atoms with Gasteiger partial charge in [-0.2, -0.15) is 0 Å². The van der Waals surface area contributed by atoms with Crippen LogP contribution < -0.4 is 4.90 Å². The van der Waals surface area contributed by atoms with Crippen LogP contribution in [0, 0.1) is 0 Å². The Bertz CT molecular complexity index is 4570. The maximum atomic E-state index is 2.59. The van der Waals surface area contributed by atoms with Gasteiger partial charge in [0.1, 0.15) is 0 Å². The zero-order valence-corrected chi connectivity index (χ0v) is 39.3. The summed E-state index contributed by atoms with van der Waals surface area (Å²) in [5, 5.41) is 17.5. The van der Waals surface area contributed by atoms with E-state index in [0.29, 0.717) is 0 Å². The summed E-state index contributed by atoms with van der Waals surface area (Å²) >= 11 is 0. The van der Waals surface area contributed by atoms with Crippen molar-refractivity contribution >= 4 is 92.5 Å². The number of hydrogen-bond acceptors (Lipinski definition) is 1. The lowest BCUT2D eigenvalue weighted by atomic mass is 9.70. The van der Waals surface area contributed by atoms with E-state index >= 15 is 0 Å². The predicted molar refractivity (Wildman–Crippen MR) is 305 cm³/mol. The van der Waals surface area contributed by atoms with E-state index in [4.69, 9.17) is 0 Å². The molecule has 14 aromatic rings. The van der Waals surface area contributed by atoms with E-state index in [2.05, 4.69) is 266 Å². The fourth-order valence-corrected chi connectivity index (χ4v) is 13.3. The second kappa shape index (κ2) is 14.9. The average Bonchev–Trinajstić information content (AvgIpc) is 3.92. The van der Waals surface area contributed by atoms with Crippen molar-refractivity contribution in [2.24, 2.45) is 0 Å². The largest absolute Gasteiger partial charge is 0.310 e. The fraction of sp³-hybridized carbons (Fsp3) is 0.0141. The zero-order chi connectivity index (χ0) is 47.1. The Morgan fingerprint density at radius 3 is 1.24 bits per heavy atom. The highest BCUT2D eigenvalue weighted by molar-refractivity contribution is 6.26. The maximum absolute atomic E-state index is 2.59. The predicted octanol–water partition coefficient (Wildman–Crippen LogP) is 19.2. The molecule has 1 heteroatoms. The molecule has 332 valence electrons. The average molecular weight is 910 g/mol. The van der Waals surface area contributed by atoms with Gasteiger partial charge in [-0.15, -0.1) is 0 Å². The zero-order valence-electron chi connectivity index (χ0n) is 39.3. The fourth-order valence-electron chi connectivity index (χ4n) is 13.3. The molecule has 0 unspecified atom stereocenters. The van der Waals surface area contributed by atoms with Crippen LogP contribution in [-0.4, -0.2) is 0 Å². The first kappa shape index (κ1) is 39.5. The van der Waals surface area contributed by atoms with Gasteiger partial charge in [0.25, 0.3) is 0 Å². The van der Waals surface area contributed by atoms with Gasteiger partial charge in [0, 0.05) is 16.9 Å². The Morgan fingerprint density at radius 1 is 0.222 bits per heavy atom. The van der Waals surface area contributed by atoms with E-state index in [1.165, 1.54) is 131 Å². The molecule has 0 amide bonds. The molecule has 0 aromatic heterocycles. The molecule has 0 aliphatic heterocycles. The van der Waals surface area contributed by atoms with Gasteiger partial charge < -0.3 is 4.90 Å². The van der Waals surface area contributed by atoms with E-state index in [-0.39, 0.29) is 0 Å². The molecule has 0 saturated carbocycles. The van der Waals surface area contributed by atoms with E-state index in [0.717, 1.165) is 17.1 Å². The van der Waals surface area contributed by atoms with Crippen LogP contribution in [0.15, 0.2) is 261 Å². The molecule has 2 aliphatic carbocycles. The van der Waals surface area contributed by atoms with Crippen LogP contribution in [0.4, 0.5) is 17.1 Å². The molecule has 16 rings (SSSR count). The van der Waals surface area contributed by atoms with Gasteiger partial charge in [-0.3, -0.25) is 0 Å². The van der Waals surface area contributed by atoms with Crippen molar-refractivity contribution in [3.63, 3.8) is 0 Å². The second-order valence-electron chi connectivity index (χ2n) is 19.9. The molecular weight excluding hydrogens is 867 g/mol. The summed E-state index contributed by atoms with van der Waals surface area (Å²) in [7, 11) is 0. The van der Waals surface area contributed by atoms with Crippen molar-refractivity contribution < 1.29 is 0 Å². The minimum atomic E-state index is -0.529. The Kier molecular flexibility index (Phi) is 8.16. The van der Waals surface area contributed by atoms with Gasteiger partial charge in [0.05, 0.1) is 11.1 Å². The molecule has 14 aromatic carbocycles. The van der Waals surface area contributed by atoms with E-state index in [1.54, 1.807) is 0 Å². The van der Waals surface area contributed by atoms with Gasteiger partial charge >= 0.3 is 0 Å². The van der Waals surface area contributed by atoms with Gasteiger partial charge in [-0.25, -0.2) is 0 Å². The minimum absolute atomic E-state index is 0.529. The summed E-state index contributed by atoms with van der Waals surface area (Å²) < 4.78 is 0. The van der Waals surface area contributed by atoms with Crippen LogP contribution in [0.1, 0.15) is 22.3 Å². The standard InChI is InChI=1S/C71H43N/c1-3-17-51-44(15-1)31-32-47-39-48(34-37-53(47)51)63-42-65-61-25-11-14-28-68(61)71(66-26-12-9-23-59(66)60-24-10-13-27-67(60)71)69(65)43-70(63)72(49-35-33-46-30-29-45-16-2-4-18-52(45)62(46)40-49)50-36-38-58-56-21-6-5-19-54(56)55-20-7-8-22-57(55)64(58)41-50/h1-43H. The van der Waals surface area contributed by atoms with Crippen LogP contribution >= 0.6 is 0 Å². The molecule has 2 aliphatic rings. The van der Waals surface area contributed by atoms with Crippen molar-refractivity contribution in [3.8, 4) is 33.4 Å². The number of rotatable bonds is 4. The van der Waals surface area contributed by atoms with Crippen LogP contribution in [0.3, 0.4) is 0 Å². The van der Waals surface area contributed by atoms with Gasteiger partial charge in [-0.1, -0.05) is 218 Å². The van der Waals surface area contributed by atoms with Crippen molar-refractivity contribution in [1.82, 2.24) is 0 Å². The van der Waals surface area contributed by atoms with Crippen LogP contribution in [0.2, 0.25) is 0 Å². The third-order valence-corrected chi connectivity index (χ3v) is 16.4. The van der Waals surface area contributed by atoms with Crippen molar-refractivity contribution in [1.29, 1.82) is 0 Å². The summed E-state index contributed by atoms with van der Waals surface area (Å²) in [6, 6.07) is 98.6. The highest BCUT2D eigenvalue weighted by Gasteiger charge is 2.52. The Labute approximate surface area is 417 Å². The number of fused-ring (bicyclic) bond motifs is 22. The smallest absolute Gasteiger partial charge is 0.0726 e. The molecule has 0 bridgehead atoms. The molecule has 0 heterocycles. The van der Waals surface area contributed by atoms with Gasteiger partial charge in [-0.05, 0) is 168 Å². The summed E-state index contributed by atoms with van der Waals surface area (Å²) in [6.45, 7) is 0. The summed E-state index contributed by atoms with van der Waals surface area (Å²) in [5.41, 5.74) is 15.6. The van der Waals surface area contributed by atoms with Gasteiger partial charge in [0.2, 0.25) is 0 Å². The van der Waals surface area contributed by atoms with E-state index < -0.39 is 5.41 Å². The Balaban J connectivity index is 1.06. The first-order chi connectivity index (χ1) is 35.7. The van der Waals surface area contributed by atoms with Crippen LogP contribution in [0.25, 0.3) is 109 Å². The molecule has 0 fully saturated rings. The third kappa shape index (κ3) is 5.37. The number of anilines is 3. The Hall–Kier alpha value is -9.30. The lowest BCUT2D eigenvalue weighted by Crippen LogP contribution is -2.26. The van der Waals surface area contributed by atoms with E-state index in [9.17, 15) is 0 Å². The summed E-state index contributed by atoms with van der Waals surface area (Å²) in [5.74, 6) is 0. The van der Waals surface area contributed by atoms with Crippen molar-refractivity contribution in [2.75, 3.05) is 4.90 Å². The highest BCUT2D eigenvalue weighted by Crippen LogP contribution is 2.64. The number of nitrogens with zero attached hydrogens (tertiary/aromatic N) is 1. The molecule has 0 N–H and O–H groups in total. The molecule has 72 heavy (non-hydrogen) atoms. The Morgan fingerprint density at radius 2 is 0.625 bits per heavy atom. The first-order valence-corrected chi connectivity index (χ1v) is 25.2. The molecule has 0 radical (unpaired) electrons. The first-order valence-electron chi connectivity index (χ1n) is 25.2. The lowest BCUT2D eigenvalue weighted by Gasteiger charge is -2.33. The van der Waals surface area contributed by atoms with Crippen LogP contribution in [0.5, 0.6) is 0 Å². The SMILES string of the molecule is c1ccc2c(c1)-c1ccccc1C21c2ccccc2-c2cc(-c3ccc4c(ccc5ccccc54)c3)c(N(c3ccc4ccc5ccccc5c4c3)c3ccc4c5ccccc5c5ccccc5c4c3)cc21. The second-order valence-corrected chi connectivity index (χ2v) is 19.9. The molecule has 0 saturated heterocycles.